The van der Waals surface area contributed by atoms with Gasteiger partial charge in [-0.15, -0.1) is 0 Å². The second kappa shape index (κ2) is 6.36. The van der Waals surface area contributed by atoms with Crippen molar-refractivity contribution in [2.75, 3.05) is 27.2 Å². The van der Waals surface area contributed by atoms with Crippen LogP contribution in [0.4, 0.5) is 0 Å². The highest BCUT2D eigenvalue weighted by Gasteiger charge is 2.39. The Labute approximate surface area is 105 Å². The molecule has 0 heterocycles. The zero-order chi connectivity index (χ0) is 12.9. The maximum Gasteiger partial charge on any atom is 0.242 e. The maximum absolute atomic E-state index is 12.3. The van der Waals surface area contributed by atoms with Gasteiger partial charge in [0.1, 0.15) is 0 Å². The second-order valence-electron chi connectivity index (χ2n) is 5.54. The van der Waals surface area contributed by atoms with Crippen molar-refractivity contribution >= 4 is 5.91 Å². The van der Waals surface area contributed by atoms with Gasteiger partial charge in [0.2, 0.25) is 5.91 Å². The van der Waals surface area contributed by atoms with E-state index in [2.05, 4.69) is 12.2 Å². The van der Waals surface area contributed by atoms with E-state index in [1.807, 2.05) is 14.1 Å². The fourth-order valence-electron chi connectivity index (χ4n) is 2.76. The van der Waals surface area contributed by atoms with Gasteiger partial charge in [0.15, 0.2) is 0 Å². The predicted molar refractivity (Wildman–Crippen MR) is 70.7 cm³/mol. The first-order valence-electron chi connectivity index (χ1n) is 6.68. The van der Waals surface area contributed by atoms with Crippen LogP contribution in [-0.4, -0.2) is 43.5 Å². The minimum atomic E-state index is -0.605. The largest absolute Gasteiger partial charge is 0.344 e. The lowest BCUT2D eigenvalue weighted by Gasteiger charge is -2.38. The van der Waals surface area contributed by atoms with Crippen LogP contribution in [0, 0.1) is 5.92 Å². The molecular formula is C13H27N3O. The monoisotopic (exact) mass is 241 g/mol. The van der Waals surface area contributed by atoms with Gasteiger partial charge in [0.25, 0.3) is 0 Å². The molecule has 4 heteroatoms. The van der Waals surface area contributed by atoms with Crippen molar-refractivity contribution in [1.29, 1.82) is 0 Å². The van der Waals surface area contributed by atoms with Gasteiger partial charge in [0, 0.05) is 13.6 Å². The Hall–Kier alpha value is -0.610. The standard InChI is InChI=1S/C13H27N3O/c1-11-6-4-7-13(14,10-11)12(17)16(3)9-5-8-15-2/h11,15H,4-10,14H2,1-3H3. The van der Waals surface area contributed by atoms with Crippen LogP contribution in [0.15, 0.2) is 0 Å². The molecule has 1 rings (SSSR count). The van der Waals surface area contributed by atoms with Crippen LogP contribution in [0.2, 0.25) is 0 Å². The summed E-state index contributed by atoms with van der Waals surface area (Å²) in [5.41, 5.74) is 5.69. The third kappa shape index (κ3) is 3.96. The lowest BCUT2D eigenvalue weighted by atomic mass is 9.76. The van der Waals surface area contributed by atoms with Crippen molar-refractivity contribution in [3.05, 3.63) is 0 Å². The normalized spacial score (nSPS) is 29.1. The van der Waals surface area contributed by atoms with E-state index >= 15 is 0 Å². The number of nitrogens with zero attached hydrogens (tertiary/aromatic N) is 1. The summed E-state index contributed by atoms with van der Waals surface area (Å²) in [5, 5.41) is 3.09. The molecule has 1 aliphatic rings. The van der Waals surface area contributed by atoms with Crippen molar-refractivity contribution < 1.29 is 4.79 Å². The molecule has 0 aromatic heterocycles. The zero-order valence-electron chi connectivity index (χ0n) is 11.5. The average Bonchev–Trinajstić information content (AvgIpc) is 2.28. The summed E-state index contributed by atoms with van der Waals surface area (Å²) in [6, 6.07) is 0. The Kier molecular flexibility index (Phi) is 5.40. The van der Waals surface area contributed by atoms with Crippen LogP contribution in [0.5, 0.6) is 0 Å². The summed E-state index contributed by atoms with van der Waals surface area (Å²) in [7, 11) is 3.79. The number of amides is 1. The molecule has 0 radical (unpaired) electrons. The Balaban J connectivity index is 2.49. The first-order valence-corrected chi connectivity index (χ1v) is 6.68. The molecule has 1 saturated carbocycles. The quantitative estimate of drug-likeness (QED) is 0.705. The summed E-state index contributed by atoms with van der Waals surface area (Å²) in [4.78, 5) is 14.1. The molecule has 0 saturated heterocycles. The highest BCUT2D eigenvalue weighted by Crippen LogP contribution is 2.31. The van der Waals surface area contributed by atoms with E-state index in [9.17, 15) is 4.79 Å². The van der Waals surface area contributed by atoms with Gasteiger partial charge < -0.3 is 16.0 Å². The molecule has 2 atom stereocenters. The van der Waals surface area contributed by atoms with E-state index in [-0.39, 0.29) is 5.91 Å². The molecule has 0 spiro atoms. The van der Waals surface area contributed by atoms with Crippen molar-refractivity contribution in [3.8, 4) is 0 Å². The van der Waals surface area contributed by atoms with E-state index in [1.54, 1.807) is 4.90 Å². The van der Waals surface area contributed by atoms with Gasteiger partial charge in [-0.05, 0) is 38.8 Å². The second-order valence-corrected chi connectivity index (χ2v) is 5.54. The molecule has 4 nitrogen and oxygen atoms in total. The van der Waals surface area contributed by atoms with Gasteiger partial charge in [-0.25, -0.2) is 0 Å². The van der Waals surface area contributed by atoms with Crippen LogP contribution in [-0.2, 0) is 4.79 Å². The molecular weight excluding hydrogens is 214 g/mol. The van der Waals surface area contributed by atoms with Crippen LogP contribution in [0.3, 0.4) is 0 Å². The molecule has 1 amide bonds. The molecule has 0 aromatic rings. The number of carbonyl (C=O) groups excluding carboxylic acids is 1. The minimum absolute atomic E-state index is 0.125. The van der Waals surface area contributed by atoms with Crippen LogP contribution in [0.25, 0.3) is 0 Å². The molecule has 0 aliphatic heterocycles. The Morgan fingerprint density at radius 2 is 2.29 bits per heavy atom. The van der Waals surface area contributed by atoms with E-state index in [0.717, 1.165) is 38.8 Å². The summed E-state index contributed by atoms with van der Waals surface area (Å²) in [5.74, 6) is 0.698. The maximum atomic E-state index is 12.3. The predicted octanol–water partition coefficient (Wildman–Crippen LogP) is 0.962. The highest BCUT2D eigenvalue weighted by molar-refractivity contribution is 5.86. The third-order valence-corrected chi connectivity index (χ3v) is 3.73. The average molecular weight is 241 g/mol. The highest BCUT2D eigenvalue weighted by atomic mass is 16.2. The van der Waals surface area contributed by atoms with E-state index in [4.69, 9.17) is 5.73 Å². The Morgan fingerprint density at radius 3 is 2.88 bits per heavy atom. The van der Waals surface area contributed by atoms with Crippen LogP contribution < -0.4 is 11.1 Å². The fourth-order valence-corrected chi connectivity index (χ4v) is 2.76. The van der Waals surface area contributed by atoms with Gasteiger partial charge in [-0.3, -0.25) is 4.79 Å². The van der Waals surface area contributed by atoms with E-state index in [1.165, 1.54) is 6.42 Å². The Morgan fingerprint density at radius 1 is 1.59 bits per heavy atom. The van der Waals surface area contributed by atoms with Crippen molar-refractivity contribution in [3.63, 3.8) is 0 Å². The molecule has 1 aliphatic carbocycles. The van der Waals surface area contributed by atoms with E-state index < -0.39 is 5.54 Å². The minimum Gasteiger partial charge on any atom is -0.344 e. The number of rotatable bonds is 5. The zero-order valence-corrected chi connectivity index (χ0v) is 11.5. The summed E-state index contributed by atoms with van der Waals surface area (Å²) in [6.07, 6.45) is 4.93. The molecule has 17 heavy (non-hydrogen) atoms. The number of likely N-dealkylation sites (N-methyl/N-ethyl adjacent to an activating group) is 1. The SMILES string of the molecule is CNCCCN(C)C(=O)C1(N)CCCC(C)C1. The third-order valence-electron chi connectivity index (χ3n) is 3.73. The molecule has 0 bridgehead atoms. The Bertz CT molecular complexity index is 257. The molecule has 100 valence electrons. The summed E-state index contributed by atoms with van der Waals surface area (Å²) in [6.45, 7) is 3.91. The molecule has 3 N–H and O–H groups in total. The molecule has 0 aromatic carbocycles. The lowest BCUT2D eigenvalue weighted by Crippen LogP contribution is -2.56. The van der Waals surface area contributed by atoms with Gasteiger partial charge >= 0.3 is 0 Å². The number of hydrogen-bond acceptors (Lipinski definition) is 3. The van der Waals surface area contributed by atoms with Gasteiger partial charge in [0.05, 0.1) is 5.54 Å². The van der Waals surface area contributed by atoms with Crippen molar-refractivity contribution in [1.82, 2.24) is 10.2 Å². The van der Waals surface area contributed by atoms with Crippen molar-refractivity contribution in [2.45, 2.75) is 44.6 Å². The molecule has 1 fully saturated rings. The number of nitrogens with two attached hydrogens (primary N) is 1. The number of nitrogens with one attached hydrogen (secondary N) is 1. The summed E-state index contributed by atoms with van der Waals surface area (Å²) < 4.78 is 0. The first-order chi connectivity index (χ1) is 7.99. The topological polar surface area (TPSA) is 58.4 Å². The lowest BCUT2D eigenvalue weighted by molar-refractivity contribution is -0.137. The fraction of sp³-hybridized carbons (Fsp3) is 0.923. The number of hydrogen-bond donors (Lipinski definition) is 2. The smallest absolute Gasteiger partial charge is 0.242 e. The van der Waals surface area contributed by atoms with Gasteiger partial charge in [-0.1, -0.05) is 19.8 Å². The molecule has 2 unspecified atom stereocenters. The van der Waals surface area contributed by atoms with Crippen LogP contribution in [0.1, 0.15) is 39.0 Å². The van der Waals surface area contributed by atoms with Crippen LogP contribution >= 0.6 is 0 Å². The van der Waals surface area contributed by atoms with Gasteiger partial charge in [-0.2, -0.15) is 0 Å². The van der Waals surface area contributed by atoms with Crippen molar-refractivity contribution in [2.24, 2.45) is 11.7 Å². The number of carbonyl (C=O) groups is 1. The van der Waals surface area contributed by atoms with E-state index in [0.29, 0.717) is 5.92 Å². The first kappa shape index (κ1) is 14.5. The summed E-state index contributed by atoms with van der Waals surface area (Å²) >= 11 is 0.